The molecule has 2 N–H and O–H groups in total. The second-order valence-electron chi connectivity index (χ2n) is 3.59. The summed E-state index contributed by atoms with van der Waals surface area (Å²) in [7, 11) is 0. The Morgan fingerprint density at radius 3 is 3.07 bits per heavy atom. The van der Waals surface area contributed by atoms with Gasteiger partial charge in [0.2, 0.25) is 0 Å². The molecule has 0 saturated carbocycles. The Morgan fingerprint density at radius 2 is 2.27 bits per heavy atom. The largest absolute Gasteiger partial charge is 0.346 e. The van der Waals surface area contributed by atoms with E-state index >= 15 is 0 Å². The van der Waals surface area contributed by atoms with E-state index in [0.29, 0.717) is 0 Å². The lowest BCUT2D eigenvalue weighted by Crippen LogP contribution is -2.07. The normalized spacial score (nSPS) is 16.6. The molecule has 0 bridgehead atoms. The number of aromatic nitrogens is 2. The standard InChI is InChI=1S/C11H10BrN3/c12-10-6-13-4-9(10)8-5-15-11-7(8)2-1-3-14-11/h1-3,5,13H,4,6H2,(H,14,15). The molecule has 0 amide bonds. The van der Waals surface area contributed by atoms with Crippen molar-refractivity contribution in [2.24, 2.45) is 0 Å². The van der Waals surface area contributed by atoms with Crippen molar-refractivity contribution in [2.45, 2.75) is 0 Å². The zero-order valence-corrected chi connectivity index (χ0v) is 9.63. The van der Waals surface area contributed by atoms with Crippen molar-refractivity contribution < 1.29 is 0 Å². The highest BCUT2D eigenvalue weighted by atomic mass is 79.9. The second kappa shape index (κ2) is 3.47. The fourth-order valence-corrected chi connectivity index (χ4v) is 2.50. The molecule has 3 heterocycles. The van der Waals surface area contributed by atoms with Crippen LogP contribution in [0.5, 0.6) is 0 Å². The lowest BCUT2D eigenvalue weighted by atomic mass is 10.1. The summed E-state index contributed by atoms with van der Waals surface area (Å²) in [5.41, 5.74) is 3.52. The Morgan fingerprint density at radius 1 is 1.33 bits per heavy atom. The molecule has 3 nitrogen and oxygen atoms in total. The van der Waals surface area contributed by atoms with Gasteiger partial charge < -0.3 is 10.3 Å². The highest BCUT2D eigenvalue weighted by Gasteiger charge is 2.16. The van der Waals surface area contributed by atoms with Crippen LogP contribution < -0.4 is 5.32 Å². The SMILES string of the molecule is BrC1=C(c2c[nH]c3ncccc23)CNC1. The lowest BCUT2D eigenvalue weighted by molar-refractivity contribution is 0.895. The maximum atomic E-state index is 4.28. The topological polar surface area (TPSA) is 40.7 Å². The van der Waals surface area contributed by atoms with Crippen molar-refractivity contribution in [3.8, 4) is 0 Å². The number of hydrogen-bond acceptors (Lipinski definition) is 2. The van der Waals surface area contributed by atoms with Crippen LogP contribution in [-0.2, 0) is 0 Å². The molecule has 0 atom stereocenters. The third-order valence-corrected chi connectivity index (χ3v) is 3.44. The minimum Gasteiger partial charge on any atom is -0.346 e. The summed E-state index contributed by atoms with van der Waals surface area (Å²) >= 11 is 3.59. The van der Waals surface area contributed by atoms with Crippen molar-refractivity contribution in [3.63, 3.8) is 0 Å². The number of hydrogen-bond donors (Lipinski definition) is 2. The van der Waals surface area contributed by atoms with Gasteiger partial charge in [-0.3, -0.25) is 0 Å². The summed E-state index contributed by atoms with van der Waals surface area (Å²) in [6, 6.07) is 4.07. The average molecular weight is 264 g/mol. The number of pyridine rings is 1. The van der Waals surface area contributed by atoms with E-state index in [2.05, 4.69) is 37.3 Å². The van der Waals surface area contributed by atoms with Crippen LogP contribution >= 0.6 is 15.9 Å². The molecule has 3 rings (SSSR count). The Hall–Kier alpha value is -1.13. The average Bonchev–Trinajstić information content (AvgIpc) is 2.83. The molecule has 0 radical (unpaired) electrons. The predicted octanol–water partition coefficient (Wildman–Crippen LogP) is 2.27. The summed E-state index contributed by atoms with van der Waals surface area (Å²) in [6.45, 7) is 1.84. The summed E-state index contributed by atoms with van der Waals surface area (Å²) in [6.07, 6.45) is 3.83. The third kappa shape index (κ3) is 1.41. The van der Waals surface area contributed by atoms with Gasteiger partial charge in [-0.1, -0.05) is 15.9 Å². The molecule has 1 aliphatic heterocycles. The van der Waals surface area contributed by atoms with Gasteiger partial charge >= 0.3 is 0 Å². The smallest absolute Gasteiger partial charge is 0.137 e. The Balaban J connectivity index is 2.23. The Kier molecular flexibility index (Phi) is 2.11. The molecule has 0 fully saturated rings. The van der Waals surface area contributed by atoms with Crippen LogP contribution in [0.15, 0.2) is 29.0 Å². The fraction of sp³-hybridized carbons (Fsp3) is 0.182. The van der Waals surface area contributed by atoms with Crippen LogP contribution in [0.4, 0.5) is 0 Å². The van der Waals surface area contributed by atoms with Crippen LogP contribution in [0, 0.1) is 0 Å². The number of H-pyrrole nitrogens is 1. The maximum absolute atomic E-state index is 4.28. The van der Waals surface area contributed by atoms with Gasteiger partial charge in [-0.05, 0) is 17.7 Å². The Labute approximate surface area is 95.7 Å². The molecule has 0 unspecified atom stereocenters. The first-order valence-corrected chi connectivity index (χ1v) is 5.66. The number of nitrogens with one attached hydrogen (secondary N) is 2. The van der Waals surface area contributed by atoms with Gasteiger partial charge in [-0.2, -0.15) is 0 Å². The molecule has 15 heavy (non-hydrogen) atoms. The minimum atomic E-state index is 0.919. The predicted molar refractivity (Wildman–Crippen MR) is 64.8 cm³/mol. The van der Waals surface area contributed by atoms with E-state index < -0.39 is 0 Å². The van der Waals surface area contributed by atoms with E-state index in [-0.39, 0.29) is 0 Å². The van der Waals surface area contributed by atoms with Gasteiger partial charge in [0.25, 0.3) is 0 Å². The highest BCUT2D eigenvalue weighted by Crippen LogP contribution is 2.30. The zero-order chi connectivity index (χ0) is 10.3. The van der Waals surface area contributed by atoms with E-state index in [4.69, 9.17) is 0 Å². The number of rotatable bonds is 1. The number of halogens is 1. The third-order valence-electron chi connectivity index (χ3n) is 2.69. The van der Waals surface area contributed by atoms with Gasteiger partial charge in [0.1, 0.15) is 5.65 Å². The van der Waals surface area contributed by atoms with E-state index in [1.165, 1.54) is 21.0 Å². The lowest BCUT2D eigenvalue weighted by Gasteiger charge is -1.99. The van der Waals surface area contributed by atoms with Gasteiger partial charge in [0.05, 0.1) is 0 Å². The zero-order valence-electron chi connectivity index (χ0n) is 8.05. The van der Waals surface area contributed by atoms with Gasteiger partial charge in [0.15, 0.2) is 0 Å². The van der Waals surface area contributed by atoms with Crippen molar-refractivity contribution in [3.05, 3.63) is 34.6 Å². The molecule has 1 aliphatic rings. The summed E-state index contributed by atoms with van der Waals surface area (Å²) in [4.78, 5) is 7.48. The molecular formula is C11H10BrN3. The van der Waals surface area contributed by atoms with Gasteiger partial charge in [-0.25, -0.2) is 4.98 Å². The van der Waals surface area contributed by atoms with Crippen LogP contribution in [-0.4, -0.2) is 23.1 Å². The monoisotopic (exact) mass is 263 g/mol. The van der Waals surface area contributed by atoms with Crippen LogP contribution in [0.3, 0.4) is 0 Å². The van der Waals surface area contributed by atoms with Crippen molar-refractivity contribution >= 4 is 32.5 Å². The van der Waals surface area contributed by atoms with Crippen molar-refractivity contribution in [1.29, 1.82) is 0 Å². The number of aromatic amines is 1. The molecular weight excluding hydrogens is 254 g/mol. The highest BCUT2D eigenvalue weighted by molar-refractivity contribution is 9.11. The van der Waals surface area contributed by atoms with E-state index in [1.807, 2.05) is 12.3 Å². The summed E-state index contributed by atoms with van der Waals surface area (Å²) in [5.74, 6) is 0. The van der Waals surface area contributed by atoms with E-state index in [1.54, 1.807) is 6.20 Å². The molecule has 2 aromatic heterocycles. The number of nitrogens with zero attached hydrogens (tertiary/aromatic N) is 1. The van der Waals surface area contributed by atoms with Crippen LogP contribution in [0.1, 0.15) is 5.56 Å². The van der Waals surface area contributed by atoms with Gasteiger partial charge in [0, 0.05) is 40.9 Å². The van der Waals surface area contributed by atoms with Crippen LogP contribution in [0.2, 0.25) is 0 Å². The minimum absolute atomic E-state index is 0.919. The van der Waals surface area contributed by atoms with Crippen LogP contribution in [0.25, 0.3) is 16.6 Å². The number of fused-ring (bicyclic) bond motifs is 1. The molecule has 76 valence electrons. The Bertz CT molecular complexity index is 542. The van der Waals surface area contributed by atoms with Crippen molar-refractivity contribution in [1.82, 2.24) is 15.3 Å². The molecule has 0 aromatic carbocycles. The summed E-state index contributed by atoms with van der Waals surface area (Å²) in [5, 5.41) is 4.51. The molecule has 0 spiro atoms. The van der Waals surface area contributed by atoms with E-state index in [0.717, 1.165) is 18.7 Å². The molecule has 0 saturated heterocycles. The maximum Gasteiger partial charge on any atom is 0.137 e. The summed E-state index contributed by atoms with van der Waals surface area (Å²) < 4.78 is 1.24. The molecule has 2 aromatic rings. The molecule has 0 aliphatic carbocycles. The second-order valence-corrected chi connectivity index (χ2v) is 4.55. The first kappa shape index (κ1) is 9.12. The first-order valence-electron chi connectivity index (χ1n) is 4.87. The fourth-order valence-electron chi connectivity index (χ4n) is 1.95. The van der Waals surface area contributed by atoms with Crippen molar-refractivity contribution in [2.75, 3.05) is 13.1 Å². The quantitative estimate of drug-likeness (QED) is 0.829. The first-order chi connectivity index (χ1) is 7.36. The molecule has 4 heteroatoms. The van der Waals surface area contributed by atoms with E-state index in [9.17, 15) is 0 Å². The van der Waals surface area contributed by atoms with Gasteiger partial charge in [-0.15, -0.1) is 0 Å².